The minimum Gasteiger partial charge on any atom is -0.372 e. The summed E-state index contributed by atoms with van der Waals surface area (Å²) in [5, 5.41) is 3.40. The summed E-state index contributed by atoms with van der Waals surface area (Å²) < 4.78 is 21.4. The second-order valence-electron chi connectivity index (χ2n) is 5.62. The zero-order chi connectivity index (χ0) is 16.2. The molecule has 2 aromatic rings. The smallest absolute Gasteiger partial charge is 0.250 e. The van der Waals surface area contributed by atoms with Crippen LogP contribution < -0.4 is 10.9 Å². The standard InChI is InChI=1S/C17H18ClFN2O2.ClH/c18-14-5-4-12(9-15(14)19)17-13(10-20-6-8-23-17)11-21-7-2-1-3-16(21)22;/h1-5,7,9,13,17,20H,6,8,10-11H2;1H/t13-,17-;/m0./s1. The summed E-state index contributed by atoms with van der Waals surface area (Å²) in [7, 11) is 0. The number of pyridine rings is 1. The molecule has 1 aliphatic heterocycles. The van der Waals surface area contributed by atoms with E-state index in [0.717, 1.165) is 12.1 Å². The van der Waals surface area contributed by atoms with E-state index in [1.54, 1.807) is 29.0 Å². The van der Waals surface area contributed by atoms with Gasteiger partial charge in [0.1, 0.15) is 5.82 Å². The quantitative estimate of drug-likeness (QED) is 0.900. The van der Waals surface area contributed by atoms with Crippen LogP contribution in [0.2, 0.25) is 5.02 Å². The summed E-state index contributed by atoms with van der Waals surface area (Å²) in [6.45, 7) is 2.46. The van der Waals surface area contributed by atoms with Gasteiger partial charge in [0, 0.05) is 37.8 Å². The van der Waals surface area contributed by atoms with Crippen molar-refractivity contribution < 1.29 is 9.13 Å². The summed E-state index contributed by atoms with van der Waals surface area (Å²) in [5.74, 6) is -0.446. The number of halogens is 3. The molecule has 4 nitrogen and oxygen atoms in total. The average Bonchev–Trinajstić information content (AvgIpc) is 2.78. The summed E-state index contributed by atoms with van der Waals surface area (Å²) in [6, 6.07) is 9.80. The van der Waals surface area contributed by atoms with E-state index in [2.05, 4.69) is 5.32 Å². The van der Waals surface area contributed by atoms with Crippen molar-refractivity contribution in [3.05, 3.63) is 69.4 Å². The molecule has 0 amide bonds. The first-order valence-electron chi connectivity index (χ1n) is 7.58. The van der Waals surface area contributed by atoms with E-state index in [9.17, 15) is 9.18 Å². The molecule has 1 aliphatic rings. The number of nitrogens with one attached hydrogen (secondary N) is 1. The predicted molar refractivity (Wildman–Crippen MR) is 94.4 cm³/mol. The maximum absolute atomic E-state index is 13.8. The van der Waals surface area contributed by atoms with E-state index in [4.69, 9.17) is 16.3 Å². The molecular formula is C17H19Cl2FN2O2. The summed E-state index contributed by atoms with van der Waals surface area (Å²) in [5.41, 5.74) is 0.683. The highest BCUT2D eigenvalue weighted by Gasteiger charge is 2.27. The molecule has 0 saturated carbocycles. The van der Waals surface area contributed by atoms with Crippen LogP contribution in [0.15, 0.2) is 47.4 Å². The number of hydrogen-bond donors (Lipinski definition) is 1. The number of ether oxygens (including phenoxy) is 1. The highest BCUT2D eigenvalue weighted by atomic mass is 35.5. The van der Waals surface area contributed by atoms with Crippen LogP contribution in [0.1, 0.15) is 11.7 Å². The zero-order valence-electron chi connectivity index (χ0n) is 13.0. The van der Waals surface area contributed by atoms with Gasteiger partial charge < -0.3 is 14.6 Å². The lowest BCUT2D eigenvalue weighted by Gasteiger charge is -2.26. The monoisotopic (exact) mass is 372 g/mol. The Morgan fingerprint density at radius 2 is 2.17 bits per heavy atom. The van der Waals surface area contributed by atoms with Crippen LogP contribution in [-0.4, -0.2) is 24.3 Å². The van der Waals surface area contributed by atoms with E-state index >= 15 is 0 Å². The fourth-order valence-electron chi connectivity index (χ4n) is 2.87. The SMILES string of the molecule is Cl.O=c1ccccn1C[C@@H]1CNCCO[C@H]1c1ccc(Cl)c(F)c1. The Labute approximate surface area is 151 Å². The fraction of sp³-hybridized carbons (Fsp3) is 0.353. The third-order valence-electron chi connectivity index (χ3n) is 4.01. The lowest BCUT2D eigenvalue weighted by atomic mass is 9.95. The summed E-state index contributed by atoms with van der Waals surface area (Å²) in [6.07, 6.45) is 1.47. The molecule has 0 radical (unpaired) electrons. The minimum absolute atomic E-state index is 0. The van der Waals surface area contributed by atoms with Crippen LogP contribution in [-0.2, 0) is 11.3 Å². The fourth-order valence-corrected chi connectivity index (χ4v) is 2.99. The Kier molecular flexibility index (Phi) is 6.80. The highest BCUT2D eigenvalue weighted by Crippen LogP contribution is 2.30. The van der Waals surface area contributed by atoms with Crippen molar-refractivity contribution in [2.45, 2.75) is 12.6 Å². The molecule has 130 valence electrons. The van der Waals surface area contributed by atoms with Crippen molar-refractivity contribution in [3.63, 3.8) is 0 Å². The van der Waals surface area contributed by atoms with E-state index < -0.39 is 5.82 Å². The van der Waals surface area contributed by atoms with Crippen LogP contribution >= 0.6 is 24.0 Å². The summed E-state index contributed by atoms with van der Waals surface area (Å²) >= 11 is 5.77. The van der Waals surface area contributed by atoms with Crippen molar-refractivity contribution in [2.75, 3.05) is 19.7 Å². The molecule has 1 saturated heterocycles. The van der Waals surface area contributed by atoms with Gasteiger partial charge in [-0.05, 0) is 23.8 Å². The van der Waals surface area contributed by atoms with Gasteiger partial charge in [0.25, 0.3) is 5.56 Å². The van der Waals surface area contributed by atoms with E-state index in [-0.39, 0.29) is 35.0 Å². The van der Waals surface area contributed by atoms with Gasteiger partial charge in [0.2, 0.25) is 0 Å². The topological polar surface area (TPSA) is 43.3 Å². The molecule has 0 spiro atoms. The number of nitrogens with zero attached hydrogens (tertiary/aromatic N) is 1. The van der Waals surface area contributed by atoms with Gasteiger partial charge in [-0.15, -0.1) is 12.4 Å². The molecule has 2 heterocycles. The second-order valence-corrected chi connectivity index (χ2v) is 6.03. The van der Waals surface area contributed by atoms with Gasteiger partial charge >= 0.3 is 0 Å². The molecule has 1 aromatic heterocycles. The first kappa shape index (κ1) is 18.9. The van der Waals surface area contributed by atoms with Crippen molar-refractivity contribution in [1.29, 1.82) is 0 Å². The van der Waals surface area contributed by atoms with Crippen LogP contribution in [0, 0.1) is 11.7 Å². The van der Waals surface area contributed by atoms with Crippen LogP contribution in [0.4, 0.5) is 4.39 Å². The maximum Gasteiger partial charge on any atom is 0.250 e. The number of benzene rings is 1. The largest absolute Gasteiger partial charge is 0.372 e. The Hall–Kier alpha value is -1.40. The first-order chi connectivity index (χ1) is 11.1. The molecule has 2 atom stereocenters. The third kappa shape index (κ3) is 4.36. The van der Waals surface area contributed by atoms with Crippen molar-refractivity contribution in [3.8, 4) is 0 Å². The normalized spacial score (nSPS) is 20.9. The first-order valence-corrected chi connectivity index (χ1v) is 7.95. The Balaban J connectivity index is 0.00000208. The lowest BCUT2D eigenvalue weighted by molar-refractivity contribution is 0.0249. The molecule has 24 heavy (non-hydrogen) atoms. The average molecular weight is 373 g/mol. The maximum atomic E-state index is 13.8. The molecule has 0 aliphatic carbocycles. The predicted octanol–water partition coefficient (Wildman–Crippen LogP) is 3.04. The number of hydrogen-bond acceptors (Lipinski definition) is 3. The second kappa shape index (κ2) is 8.62. The number of aromatic nitrogens is 1. The highest BCUT2D eigenvalue weighted by molar-refractivity contribution is 6.30. The van der Waals surface area contributed by atoms with E-state index in [1.807, 2.05) is 6.07 Å². The molecule has 1 fully saturated rings. The lowest BCUT2D eigenvalue weighted by Crippen LogP contribution is -2.31. The van der Waals surface area contributed by atoms with Crippen LogP contribution in [0.3, 0.4) is 0 Å². The Bertz CT molecular complexity index is 739. The van der Waals surface area contributed by atoms with Crippen molar-refractivity contribution in [2.24, 2.45) is 5.92 Å². The van der Waals surface area contributed by atoms with Crippen molar-refractivity contribution in [1.82, 2.24) is 9.88 Å². The molecule has 0 bridgehead atoms. The molecule has 3 rings (SSSR count). The zero-order valence-corrected chi connectivity index (χ0v) is 14.5. The van der Waals surface area contributed by atoms with E-state index in [1.165, 1.54) is 12.1 Å². The van der Waals surface area contributed by atoms with Crippen LogP contribution in [0.25, 0.3) is 0 Å². The van der Waals surface area contributed by atoms with Crippen molar-refractivity contribution >= 4 is 24.0 Å². The summed E-state index contributed by atoms with van der Waals surface area (Å²) in [4.78, 5) is 11.9. The number of rotatable bonds is 3. The molecule has 7 heteroatoms. The van der Waals surface area contributed by atoms with Gasteiger partial charge in [0.05, 0.1) is 17.7 Å². The third-order valence-corrected chi connectivity index (χ3v) is 4.32. The molecule has 0 unspecified atom stereocenters. The minimum atomic E-state index is -0.458. The van der Waals surface area contributed by atoms with Gasteiger partial charge in [0.15, 0.2) is 0 Å². The van der Waals surface area contributed by atoms with Gasteiger partial charge in [-0.3, -0.25) is 4.79 Å². The molecule has 1 aromatic carbocycles. The van der Waals surface area contributed by atoms with Gasteiger partial charge in [-0.2, -0.15) is 0 Å². The van der Waals surface area contributed by atoms with Gasteiger partial charge in [-0.25, -0.2) is 4.39 Å². The van der Waals surface area contributed by atoms with Crippen LogP contribution in [0.5, 0.6) is 0 Å². The Morgan fingerprint density at radius 3 is 2.92 bits per heavy atom. The Morgan fingerprint density at radius 1 is 1.33 bits per heavy atom. The molecular weight excluding hydrogens is 354 g/mol. The van der Waals surface area contributed by atoms with Gasteiger partial charge in [-0.1, -0.05) is 23.7 Å². The van der Waals surface area contributed by atoms with E-state index in [0.29, 0.717) is 19.7 Å². The molecule has 1 N–H and O–H groups in total.